The molecule has 0 amide bonds. The number of nitrogens with zero attached hydrogens (tertiary/aromatic N) is 12. The summed E-state index contributed by atoms with van der Waals surface area (Å²) >= 11 is 6.73. The summed E-state index contributed by atoms with van der Waals surface area (Å²) in [4.78, 5) is 59.7. The number of piperidine rings is 4. The number of oxazole rings is 2. The second-order valence-corrected chi connectivity index (χ2v) is 19.1. The summed E-state index contributed by atoms with van der Waals surface area (Å²) < 4.78 is 16.8. The first-order valence-corrected chi connectivity index (χ1v) is 24.7. The summed E-state index contributed by atoms with van der Waals surface area (Å²) in [5, 5.41) is 0. The van der Waals surface area contributed by atoms with E-state index in [0.29, 0.717) is 40.2 Å². The molecule has 18 heteroatoms. The fourth-order valence-corrected chi connectivity index (χ4v) is 10.5. The van der Waals surface area contributed by atoms with E-state index < -0.39 is 0 Å². The third kappa shape index (κ3) is 9.78. The lowest BCUT2D eigenvalue weighted by Gasteiger charge is -2.39. The molecule has 0 spiro atoms. The third-order valence-electron chi connectivity index (χ3n) is 13.2. The van der Waals surface area contributed by atoms with Gasteiger partial charge in [-0.3, -0.25) is 18.4 Å². The maximum absolute atomic E-state index is 12.1. The van der Waals surface area contributed by atoms with Crippen molar-refractivity contribution in [2.24, 2.45) is 0 Å². The van der Waals surface area contributed by atoms with Gasteiger partial charge in [0.15, 0.2) is 16.8 Å². The minimum atomic E-state index is -0.110. The quantitative estimate of drug-likeness (QED) is 0.162. The van der Waals surface area contributed by atoms with Crippen LogP contribution in [0.2, 0.25) is 0 Å². The van der Waals surface area contributed by atoms with Gasteiger partial charge in [-0.05, 0) is 140 Å². The number of rotatable bonds is 5. The fourth-order valence-electron chi connectivity index (χ4n) is 9.74. The molecular formula is C48H52Br2N12O4. The van der Waals surface area contributed by atoms with Gasteiger partial charge in [-0.1, -0.05) is 12.8 Å². The third-order valence-corrected chi connectivity index (χ3v) is 14.3. The smallest absolute Gasteiger partial charge is 0.299 e. The van der Waals surface area contributed by atoms with Crippen LogP contribution < -0.4 is 20.9 Å². The molecule has 4 aliphatic rings. The molecule has 4 aliphatic heterocycles. The van der Waals surface area contributed by atoms with Crippen LogP contribution in [0.3, 0.4) is 0 Å². The number of hydrogen-bond donors (Lipinski definition) is 0. The Morgan fingerprint density at radius 3 is 1.61 bits per heavy atom. The van der Waals surface area contributed by atoms with Crippen molar-refractivity contribution in [3.05, 3.63) is 115 Å². The molecular weight excluding hydrogens is 968 g/mol. The van der Waals surface area contributed by atoms with Crippen LogP contribution in [0.15, 0.2) is 113 Å². The van der Waals surface area contributed by atoms with Crippen LogP contribution >= 0.6 is 31.9 Å². The second kappa shape index (κ2) is 20.1. The zero-order valence-corrected chi connectivity index (χ0v) is 39.9. The van der Waals surface area contributed by atoms with Crippen LogP contribution in [0.25, 0.3) is 44.9 Å². The molecule has 342 valence electrons. The Kier molecular flexibility index (Phi) is 13.5. The Morgan fingerprint density at radius 2 is 1.05 bits per heavy atom. The summed E-state index contributed by atoms with van der Waals surface area (Å²) in [5.74, 6) is 0. The van der Waals surface area contributed by atoms with Crippen molar-refractivity contribution in [1.82, 2.24) is 48.5 Å². The van der Waals surface area contributed by atoms with Crippen molar-refractivity contribution in [2.75, 3.05) is 62.2 Å². The van der Waals surface area contributed by atoms with Gasteiger partial charge < -0.3 is 28.4 Å². The average Bonchev–Trinajstić information content (AvgIpc) is 4.00. The van der Waals surface area contributed by atoms with Crippen molar-refractivity contribution in [3.63, 3.8) is 0 Å². The van der Waals surface area contributed by atoms with E-state index in [1.807, 2.05) is 30.3 Å². The molecule has 0 saturated carbocycles. The molecule has 66 heavy (non-hydrogen) atoms. The zero-order chi connectivity index (χ0) is 45.0. The van der Waals surface area contributed by atoms with Gasteiger partial charge >= 0.3 is 0 Å². The van der Waals surface area contributed by atoms with Gasteiger partial charge in [-0.15, -0.1) is 0 Å². The molecule has 12 heterocycles. The normalized spacial score (nSPS) is 18.1. The van der Waals surface area contributed by atoms with E-state index in [4.69, 9.17) is 8.83 Å². The van der Waals surface area contributed by atoms with Crippen molar-refractivity contribution < 1.29 is 8.83 Å². The molecule has 0 aliphatic carbocycles. The summed E-state index contributed by atoms with van der Waals surface area (Å²) in [6, 6.07) is 17.0. The largest absolute Gasteiger partial charge is 0.422 e. The van der Waals surface area contributed by atoms with Gasteiger partial charge in [-0.2, -0.15) is 9.97 Å². The second-order valence-electron chi connectivity index (χ2n) is 17.4. The van der Waals surface area contributed by atoms with Crippen molar-refractivity contribution in [1.29, 1.82) is 0 Å². The minimum Gasteiger partial charge on any atom is -0.422 e. The lowest BCUT2D eigenvalue weighted by atomic mass is 10.0. The lowest BCUT2D eigenvalue weighted by molar-refractivity contribution is 0.140. The maximum Gasteiger partial charge on any atom is 0.299 e. The fraction of sp³-hybridized carbons (Fsp3) is 0.417. The highest BCUT2D eigenvalue weighted by Gasteiger charge is 2.29. The Morgan fingerprint density at radius 1 is 0.545 bits per heavy atom. The Labute approximate surface area is 398 Å². The van der Waals surface area contributed by atoms with Gasteiger partial charge in [0.2, 0.25) is 11.3 Å². The van der Waals surface area contributed by atoms with Crippen molar-refractivity contribution >= 4 is 77.6 Å². The Balaban J connectivity index is 0.000000129. The van der Waals surface area contributed by atoms with Crippen LogP contribution in [0, 0.1) is 0 Å². The van der Waals surface area contributed by atoms with Gasteiger partial charge in [0.1, 0.15) is 5.65 Å². The van der Waals surface area contributed by atoms with E-state index in [1.165, 1.54) is 111 Å². The van der Waals surface area contributed by atoms with Crippen LogP contribution in [0.4, 0.5) is 12.0 Å². The molecule has 0 radical (unpaired) electrons. The molecule has 0 N–H and O–H groups in total. The van der Waals surface area contributed by atoms with Crippen LogP contribution in [-0.2, 0) is 0 Å². The number of pyridine rings is 4. The monoisotopic (exact) mass is 1020 g/mol. The molecule has 4 saturated heterocycles. The highest BCUT2D eigenvalue weighted by Crippen LogP contribution is 2.31. The van der Waals surface area contributed by atoms with Gasteiger partial charge in [0.25, 0.3) is 23.1 Å². The molecule has 0 bridgehead atoms. The summed E-state index contributed by atoms with van der Waals surface area (Å²) in [6.07, 6.45) is 22.9. The van der Waals surface area contributed by atoms with E-state index in [0.717, 1.165) is 76.7 Å². The van der Waals surface area contributed by atoms with Crippen LogP contribution in [0.5, 0.6) is 0 Å². The first-order valence-electron chi connectivity index (χ1n) is 23.1. The molecule has 0 atom stereocenters. The molecule has 12 rings (SSSR count). The van der Waals surface area contributed by atoms with Gasteiger partial charge in [0, 0.05) is 109 Å². The first kappa shape index (κ1) is 44.3. The van der Waals surface area contributed by atoms with E-state index in [2.05, 4.69) is 81.4 Å². The molecule has 8 aromatic heterocycles. The standard InChI is InChI=1S/C24H26N6O2.C16H21BrN4O.C8H5BrN2O/c31-21-6-9-25-23-19(5-4-12-30(21)23)17-15-20-22(26-16-17)27-24(32-20)29-13-7-18(8-14-29)28-10-2-1-3-11-28;17-12-10-14-15(18-11-12)19-16(22-14)21-8-4-13(5-9-21)20-6-2-1-3-7-20;9-6-2-1-5-11-7(12)3-4-10-8(6)11/h4-6,9,12,15-16,18H,1-3,7-8,10-11,13-14H2;10-11,13H,1-9H2;1-5H. The number of fused-ring (bicyclic) bond motifs is 4. The zero-order valence-electron chi connectivity index (χ0n) is 36.7. The number of hydrogen-bond acceptors (Lipinski definition) is 14. The molecule has 16 nitrogen and oxygen atoms in total. The lowest BCUT2D eigenvalue weighted by Crippen LogP contribution is -2.46. The minimum absolute atomic E-state index is 0.0682. The van der Waals surface area contributed by atoms with Gasteiger partial charge in [0.05, 0.1) is 4.47 Å². The predicted octanol–water partition coefficient (Wildman–Crippen LogP) is 8.25. The molecule has 4 fully saturated rings. The van der Waals surface area contributed by atoms with Crippen LogP contribution in [0.1, 0.15) is 64.2 Å². The maximum atomic E-state index is 12.1. The van der Waals surface area contributed by atoms with E-state index in [1.54, 1.807) is 30.9 Å². The summed E-state index contributed by atoms with van der Waals surface area (Å²) in [6.45, 7) is 9.01. The van der Waals surface area contributed by atoms with Crippen molar-refractivity contribution in [3.8, 4) is 11.1 Å². The van der Waals surface area contributed by atoms with Crippen LogP contribution in [-0.4, -0.2) is 113 Å². The summed E-state index contributed by atoms with van der Waals surface area (Å²) in [7, 11) is 0. The topological polar surface area (TPSA) is 160 Å². The van der Waals surface area contributed by atoms with Crippen molar-refractivity contribution in [2.45, 2.75) is 76.3 Å². The number of aromatic nitrogens is 8. The molecule has 0 unspecified atom stereocenters. The number of anilines is 2. The Bertz CT molecular complexity index is 3050. The molecule has 0 aromatic carbocycles. The van der Waals surface area contributed by atoms with E-state index in [9.17, 15) is 9.59 Å². The first-order chi connectivity index (χ1) is 32.3. The SMILES string of the molecule is Brc1cnc2nc(N3CCC(N4CCCCC4)CC3)oc2c1.O=c1ccnc2c(-c3cnc4nc(N5CCC(N6CCCCC6)CC5)oc4c3)cccn12.O=c1ccnc2c(Br)cccn12. The van der Waals surface area contributed by atoms with E-state index >= 15 is 0 Å². The Hall–Kier alpha value is -5.56. The average molecular weight is 1020 g/mol. The number of likely N-dealkylation sites (tertiary alicyclic amines) is 2. The summed E-state index contributed by atoms with van der Waals surface area (Å²) in [5.41, 5.74) is 5.44. The number of halogens is 2. The highest BCUT2D eigenvalue weighted by molar-refractivity contribution is 9.11. The van der Waals surface area contributed by atoms with Gasteiger partial charge in [-0.25, -0.2) is 19.9 Å². The highest BCUT2D eigenvalue weighted by atomic mass is 79.9. The molecule has 8 aromatic rings. The van der Waals surface area contributed by atoms with E-state index in [-0.39, 0.29) is 11.1 Å². The predicted molar refractivity (Wildman–Crippen MR) is 262 cm³/mol.